The Labute approximate surface area is 161 Å². The zero-order valence-corrected chi connectivity index (χ0v) is 15.1. The highest BCUT2D eigenvalue weighted by Gasteiger charge is 2.10. The van der Waals surface area contributed by atoms with Gasteiger partial charge in [0.2, 0.25) is 5.88 Å². The molecule has 0 unspecified atom stereocenters. The van der Waals surface area contributed by atoms with Gasteiger partial charge in [0.1, 0.15) is 6.20 Å². The molecule has 0 bridgehead atoms. The Bertz CT molecular complexity index is 960. The molecule has 0 aliphatic heterocycles. The van der Waals surface area contributed by atoms with Crippen LogP contribution >= 0.6 is 0 Å². The fraction of sp³-hybridized carbons (Fsp3) is 0.100. The monoisotopic (exact) mass is 378 g/mol. The van der Waals surface area contributed by atoms with Crippen molar-refractivity contribution in [3.05, 3.63) is 82.5 Å². The van der Waals surface area contributed by atoms with Crippen LogP contribution in [0.1, 0.15) is 12.5 Å². The van der Waals surface area contributed by atoms with Crippen molar-refractivity contribution in [3.8, 4) is 17.4 Å². The van der Waals surface area contributed by atoms with E-state index >= 15 is 0 Å². The third kappa shape index (κ3) is 5.04. The van der Waals surface area contributed by atoms with Crippen molar-refractivity contribution >= 4 is 17.6 Å². The third-order valence-electron chi connectivity index (χ3n) is 3.59. The van der Waals surface area contributed by atoms with E-state index < -0.39 is 4.92 Å². The van der Waals surface area contributed by atoms with E-state index in [-0.39, 0.29) is 11.6 Å². The Hall–Kier alpha value is -3.94. The van der Waals surface area contributed by atoms with E-state index in [1.54, 1.807) is 18.3 Å². The average Bonchev–Trinajstić information content (AvgIpc) is 2.71. The number of benzene rings is 2. The number of para-hydroxylation sites is 1. The number of hydrogen-bond acceptors (Lipinski definition) is 7. The highest BCUT2D eigenvalue weighted by Crippen LogP contribution is 2.32. The fourth-order valence-corrected chi connectivity index (χ4v) is 2.31. The Kier molecular flexibility index (Phi) is 6.14. The minimum atomic E-state index is -0.514. The molecular formula is C20H18N4O4. The summed E-state index contributed by atoms with van der Waals surface area (Å²) in [5.41, 5.74) is 4.54. The number of hydrazone groups is 1. The summed E-state index contributed by atoms with van der Waals surface area (Å²) < 4.78 is 11.3. The molecule has 0 atom stereocenters. The number of ether oxygens (including phenoxy) is 2. The number of pyridine rings is 1. The molecule has 8 heteroatoms. The summed E-state index contributed by atoms with van der Waals surface area (Å²) in [7, 11) is 0. The molecule has 3 aromatic rings. The zero-order chi connectivity index (χ0) is 19.8. The van der Waals surface area contributed by atoms with Gasteiger partial charge in [0.25, 0.3) is 5.69 Å². The molecule has 0 amide bonds. The maximum Gasteiger partial charge on any atom is 0.287 e. The molecule has 1 heterocycles. The highest BCUT2D eigenvalue weighted by molar-refractivity contribution is 5.81. The quantitative estimate of drug-likeness (QED) is 0.349. The van der Waals surface area contributed by atoms with Crippen LogP contribution in [-0.2, 0) is 0 Å². The van der Waals surface area contributed by atoms with Crippen LogP contribution in [0.5, 0.6) is 17.4 Å². The SMILES string of the molecule is CCOc1cc(/C=N/Nc2ccccc2)ccc1Oc1ccc([N+](=O)[O-])cn1. The molecule has 2 aromatic carbocycles. The van der Waals surface area contributed by atoms with E-state index in [4.69, 9.17) is 9.47 Å². The van der Waals surface area contributed by atoms with Gasteiger partial charge in [0.05, 0.1) is 23.4 Å². The third-order valence-corrected chi connectivity index (χ3v) is 3.59. The average molecular weight is 378 g/mol. The molecule has 0 fully saturated rings. The Balaban J connectivity index is 1.74. The summed E-state index contributed by atoms with van der Waals surface area (Å²) in [5.74, 6) is 1.21. The van der Waals surface area contributed by atoms with Crippen LogP contribution < -0.4 is 14.9 Å². The lowest BCUT2D eigenvalue weighted by Crippen LogP contribution is -1.98. The van der Waals surface area contributed by atoms with Crippen molar-refractivity contribution in [1.82, 2.24) is 4.98 Å². The maximum absolute atomic E-state index is 10.7. The predicted octanol–water partition coefficient (Wildman–Crippen LogP) is 4.63. The molecule has 142 valence electrons. The molecule has 0 saturated carbocycles. The zero-order valence-electron chi connectivity index (χ0n) is 15.1. The van der Waals surface area contributed by atoms with Crippen LogP contribution in [0.4, 0.5) is 11.4 Å². The Morgan fingerprint density at radius 3 is 2.64 bits per heavy atom. The molecule has 28 heavy (non-hydrogen) atoms. The van der Waals surface area contributed by atoms with Crippen molar-refractivity contribution in [1.29, 1.82) is 0 Å². The molecule has 0 spiro atoms. The summed E-state index contributed by atoms with van der Waals surface area (Å²) in [6, 6.07) is 17.7. The summed E-state index contributed by atoms with van der Waals surface area (Å²) in [4.78, 5) is 14.1. The second-order valence-corrected chi connectivity index (χ2v) is 5.59. The van der Waals surface area contributed by atoms with Crippen LogP contribution in [0.2, 0.25) is 0 Å². The van der Waals surface area contributed by atoms with E-state index in [1.807, 2.05) is 43.3 Å². The minimum Gasteiger partial charge on any atom is -0.490 e. The number of hydrogen-bond donors (Lipinski definition) is 1. The van der Waals surface area contributed by atoms with Crippen molar-refractivity contribution < 1.29 is 14.4 Å². The van der Waals surface area contributed by atoms with Crippen molar-refractivity contribution in [3.63, 3.8) is 0 Å². The van der Waals surface area contributed by atoms with Gasteiger partial charge in [-0.3, -0.25) is 15.5 Å². The first kappa shape index (κ1) is 18.8. The second-order valence-electron chi connectivity index (χ2n) is 5.59. The lowest BCUT2D eigenvalue weighted by Gasteiger charge is -2.11. The first-order chi connectivity index (χ1) is 13.7. The molecule has 0 aliphatic carbocycles. The lowest BCUT2D eigenvalue weighted by molar-refractivity contribution is -0.385. The maximum atomic E-state index is 10.7. The molecule has 1 aromatic heterocycles. The van der Waals surface area contributed by atoms with Crippen LogP contribution in [0.15, 0.2) is 72.0 Å². The van der Waals surface area contributed by atoms with Gasteiger partial charge in [0.15, 0.2) is 11.5 Å². The van der Waals surface area contributed by atoms with Gasteiger partial charge in [0, 0.05) is 12.1 Å². The van der Waals surface area contributed by atoms with E-state index in [0.29, 0.717) is 18.1 Å². The van der Waals surface area contributed by atoms with Gasteiger partial charge in [-0.2, -0.15) is 5.10 Å². The Morgan fingerprint density at radius 2 is 1.96 bits per heavy atom. The predicted molar refractivity (Wildman–Crippen MR) is 106 cm³/mol. The summed E-state index contributed by atoms with van der Waals surface area (Å²) in [6.45, 7) is 2.32. The van der Waals surface area contributed by atoms with Crippen molar-refractivity contribution in [2.24, 2.45) is 5.10 Å². The first-order valence-corrected chi connectivity index (χ1v) is 8.55. The van der Waals surface area contributed by atoms with Crippen LogP contribution in [0.25, 0.3) is 0 Å². The van der Waals surface area contributed by atoms with E-state index in [9.17, 15) is 10.1 Å². The summed E-state index contributed by atoms with van der Waals surface area (Å²) in [6.07, 6.45) is 2.81. The van der Waals surface area contributed by atoms with Gasteiger partial charge in [-0.25, -0.2) is 4.98 Å². The lowest BCUT2D eigenvalue weighted by atomic mass is 10.2. The Morgan fingerprint density at radius 1 is 1.14 bits per heavy atom. The summed E-state index contributed by atoms with van der Waals surface area (Å²) in [5, 5.41) is 14.9. The number of nitro groups is 1. The molecule has 0 radical (unpaired) electrons. The topological polar surface area (TPSA) is 98.9 Å². The first-order valence-electron chi connectivity index (χ1n) is 8.55. The number of nitrogens with one attached hydrogen (secondary N) is 1. The smallest absolute Gasteiger partial charge is 0.287 e. The second kappa shape index (κ2) is 9.13. The van der Waals surface area contributed by atoms with E-state index in [2.05, 4.69) is 15.5 Å². The standard InChI is InChI=1S/C20H18N4O4/c1-2-27-19-12-15(13-22-23-16-6-4-3-5-7-16)8-10-18(19)28-20-11-9-17(14-21-20)24(25)26/h3-14,23H,2H2,1H3/b22-13+. The van der Waals surface area contributed by atoms with E-state index in [0.717, 1.165) is 17.4 Å². The molecule has 8 nitrogen and oxygen atoms in total. The number of nitrogens with zero attached hydrogens (tertiary/aromatic N) is 3. The van der Waals surface area contributed by atoms with E-state index in [1.165, 1.54) is 12.1 Å². The highest BCUT2D eigenvalue weighted by atomic mass is 16.6. The van der Waals surface area contributed by atoms with Gasteiger partial charge >= 0.3 is 0 Å². The normalized spacial score (nSPS) is 10.6. The molecule has 0 saturated heterocycles. The molecule has 1 N–H and O–H groups in total. The summed E-state index contributed by atoms with van der Waals surface area (Å²) >= 11 is 0. The minimum absolute atomic E-state index is 0.102. The van der Waals surface area contributed by atoms with Gasteiger partial charge < -0.3 is 9.47 Å². The molecular weight excluding hydrogens is 360 g/mol. The number of anilines is 1. The van der Waals surface area contributed by atoms with Gasteiger partial charge in [-0.05, 0) is 42.8 Å². The van der Waals surface area contributed by atoms with Crippen molar-refractivity contribution in [2.75, 3.05) is 12.0 Å². The molecule has 3 rings (SSSR count). The largest absolute Gasteiger partial charge is 0.490 e. The number of aromatic nitrogens is 1. The van der Waals surface area contributed by atoms with Crippen molar-refractivity contribution in [2.45, 2.75) is 6.92 Å². The van der Waals surface area contributed by atoms with Crippen LogP contribution in [-0.4, -0.2) is 22.7 Å². The van der Waals surface area contributed by atoms with Gasteiger partial charge in [-0.15, -0.1) is 0 Å². The van der Waals surface area contributed by atoms with Crippen LogP contribution in [0, 0.1) is 10.1 Å². The number of rotatable bonds is 8. The molecule has 0 aliphatic rings. The van der Waals surface area contributed by atoms with Crippen LogP contribution in [0.3, 0.4) is 0 Å². The fourth-order valence-electron chi connectivity index (χ4n) is 2.31. The van der Waals surface area contributed by atoms with Gasteiger partial charge in [-0.1, -0.05) is 18.2 Å².